The number of halogens is 2. The van der Waals surface area contributed by atoms with Gasteiger partial charge < -0.3 is 20.3 Å². The van der Waals surface area contributed by atoms with E-state index in [1.165, 1.54) is 0 Å². The number of hydrogen-bond acceptors (Lipinski definition) is 5. The Kier molecular flexibility index (Phi) is 9.20. The minimum atomic E-state index is -0.621. The van der Waals surface area contributed by atoms with Crippen LogP contribution in [0.5, 0.6) is 0 Å². The highest BCUT2D eigenvalue weighted by molar-refractivity contribution is 5.75. The first-order valence-electron chi connectivity index (χ1n) is 13.8. The van der Waals surface area contributed by atoms with Gasteiger partial charge in [0.1, 0.15) is 11.6 Å². The number of benzene rings is 2. The Hall–Kier alpha value is -3.37. The van der Waals surface area contributed by atoms with Crippen molar-refractivity contribution in [3.05, 3.63) is 71.6 Å². The molecule has 1 aliphatic heterocycles. The summed E-state index contributed by atoms with van der Waals surface area (Å²) in [6.07, 6.45) is 0.397. The number of amides is 2. The van der Waals surface area contributed by atoms with Gasteiger partial charge >= 0.3 is 6.03 Å². The molecular formula is C30H40F2N6O2. The molecular weight excluding hydrogens is 514 g/mol. The number of carbonyl (C=O) groups is 1. The fourth-order valence-electron chi connectivity index (χ4n) is 5.32. The first-order valence-corrected chi connectivity index (χ1v) is 13.8. The maximum absolute atomic E-state index is 14.9. The smallest absolute Gasteiger partial charge is 0.320 e. The standard InChI is InChI=1S/C30H40F2N6O2/c1-20-17-36(18-21(2)40-20)29(39)37(15-9-14-33)26(30(3,4)5)28-34-27(24-16-23(31)12-13-25(24)32)35-38(28)19-22-10-7-6-8-11-22/h6-8,10-13,16,20-21,26H,9,14-15,17-19,33H2,1-5H3/t20-,21+,26?. The van der Waals surface area contributed by atoms with Gasteiger partial charge in [0, 0.05) is 19.6 Å². The summed E-state index contributed by atoms with van der Waals surface area (Å²) in [5, 5.41) is 4.67. The van der Waals surface area contributed by atoms with Crippen LogP contribution < -0.4 is 5.73 Å². The summed E-state index contributed by atoms with van der Waals surface area (Å²) in [7, 11) is 0. The van der Waals surface area contributed by atoms with E-state index in [9.17, 15) is 13.6 Å². The Balaban J connectivity index is 1.85. The molecule has 2 aromatic carbocycles. The third-order valence-electron chi connectivity index (χ3n) is 6.96. The molecule has 0 radical (unpaired) electrons. The highest BCUT2D eigenvalue weighted by atomic mass is 19.1. The van der Waals surface area contributed by atoms with Crippen LogP contribution in [-0.4, -0.2) is 69.0 Å². The van der Waals surface area contributed by atoms with Gasteiger partial charge in [-0.1, -0.05) is 51.1 Å². The Bertz CT molecular complexity index is 1280. The van der Waals surface area contributed by atoms with Crippen LogP contribution in [0.2, 0.25) is 0 Å². The van der Waals surface area contributed by atoms with E-state index in [4.69, 9.17) is 15.5 Å². The number of ether oxygens (including phenoxy) is 1. The van der Waals surface area contributed by atoms with E-state index < -0.39 is 23.1 Å². The summed E-state index contributed by atoms with van der Waals surface area (Å²) >= 11 is 0. The number of nitrogens with two attached hydrogens (primary N) is 1. The molecule has 0 aliphatic carbocycles. The summed E-state index contributed by atoms with van der Waals surface area (Å²) in [5.74, 6) is -0.642. The van der Waals surface area contributed by atoms with Crippen molar-refractivity contribution in [1.29, 1.82) is 0 Å². The molecule has 1 fully saturated rings. The number of aromatic nitrogens is 3. The second kappa shape index (κ2) is 12.4. The summed E-state index contributed by atoms with van der Waals surface area (Å²) in [6.45, 7) is 12.1. The van der Waals surface area contributed by atoms with Crippen molar-refractivity contribution in [1.82, 2.24) is 24.6 Å². The molecule has 40 heavy (non-hydrogen) atoms. The third-order valence-corrected chi connectivity index (χ3v) is 6.96. The van der Waals surface area contributed by atoms with Crippen molar-refractivity contribution in [3.63, 3.8) is 0 Å². The number of nitrogens with zero attached hydrogens (tertiary/aromatic N) is 5. The van der Waals surface area contributed by atoms with Gasteiger partial charge in [0.25, 0.3) is 0 Å². The maximum Gasteiger partial charge on any atom is 0.320 e. The molecule has 3 atom stereocenters. The Morgan fingerprint density at radius 2 is 1.80 bits per heavy atom. The molecule has 1 aromatic heterocycles. The first kappa shape index (κ1) is 29.6. The van der Waals surface area contributed by atoms with Crippen molar-refractivity contribution in [2.45, 2.75) is 65.8 Å². The van der Waals surface area contributed by atoms with Crippen molar-refractivity contribution in [2.75, 3.05) is 26.2 Å². The monoisotopic (exact) mass is 554 g/mol. The second-order valence-electron chi connectivity index (χ2n) is 11.6. The fraction of sp³-hybridized carbons (Fsp3) is 0.500. The van der Waals surface area contributed by atoms with Crippen molar-refractivity contribution >= 4 is 6.03 Å². The topological polar surface area (TPSA) is 89.5 Å². The number of rotatable bonds is 8. The predicted octanol–water partition coefficient (Wildman–Crippen LogP) is 5.24. The van der Waals surface area contributed by atoms with E-state index in [0.29, 0.717) is 45.0 Å². The molecule has 1 saturated heterocycles. The zero-order valence-corrected chi connectivity index (χ0v) is 24.0. The molecule has 2 heterocycles. The Morgan fingerprint density at radius 3 is 2.42 bits per heavy atom. The van der Waals surface area contributed by atoms with Crippen molar-refractivity contribution in [3.8, 4) is 11.4 Å². The quantitative estimate of drug-likeness (QED) is 0.412. The normalized spacial score (nSPS) is 18.6. The van der Waals surface area contributed by atoms with Crippen LogP contribution in [0.3, 0.4) is 0 Å². The van der Waals surface area contributed by atoms with Gasteiger partial charge in [-0.15, -0.1) is 0 Å². The number of carbonyl (C=O) groups excluding carboxylic acids is 1. The lowest BCUT2D eigenvalue weighted by Gasteiger charge is -2.44. The summed E-state index contributed by atoms with van der Waals surface area (Å²) in [6, 6.07) is 12.3. The number of morpholine rings is 1. The van der Waals surface area contributed by atoms with E-state index in [2.05, 4.69) is 5.10 Å². The summed E-state index contributed by atoms with van der Waals surface area (Å²) < 4.78 is 36.6. The van der Waals surface area contributed by atoms with Crippen LogP contribution in [0, 0.1) is 17.0 Å². The average Bonchev–Trinajstić information content (AvgIpc) is 3.29. The number of urea groups is 1. The SMILES string of the molecule is C[C@@H]1CN(C(=O)N(CCCN)C(c2nc(-c3cc(F)ccc3F)nn2Cc2ccccc2)C(C)(C)C)C[C@H](C)O1. The van der Waals surface area contributed by atoms with Gasteiger partial charge in [-0.3, -0.25) is 0 Å². The molecule has 1 unspecified atom stereocenters. The molecule has 2 N–H and O–H groups in total. The molecule has 0 spiro atoms. The van der Waals surface area contributed by atoms with E-state index >= 15 is 0 Å². The molecule has 8 nitrogen and oxygen atoms in total. The van der Waals surface area contributed by atoms with Crippen LogP contribution >= 0.6 is 0 Å². The van der Waals surface area contributed by atoms with E-state index in [0.717, 1.165) is 23.8 Å². The van der Waals surface area contributed by atoms with Crippen LogP contribution in [0.1, 0.15) is 58.5 Å². The lowest BCUT2D eigenvalue weighted by atomic mass is 9.84. The van der Waals surface area contributed by atoms with Crippen LogP contribution in [0.15, 0.2) is 48.5 Å². The molecule has 3 aromatic rings. The molecule has 1 aliphatic rings. The highest BCUT2D eigenvalue weighted by Crippen LogP contribution is 2.39. The Labute approximate surface area is 235 Å². The Morgan fingerprint density at radius 1 is 1.12 bits per heavy atom. The number of hydrogen-bond donors (Lipinski definition) is 1. The minimum absolute atomic E-state index is 0.0311. The van der Waals surface area contributed by atoms with E-state index in [1.54, 1.807) is 4.68 Å². The summed E-state index contributed by atoms with van der Waals surface area (Å²) in [4.78, 5) is 22.6. The van der Waals surface area contributed by atoms with Crippen molar-refractivity contribution in [2.24, 2.45) is 11.1 Å². The lowest BCUT2D eigenvalue weighted by molar-refractivity contribution is -0.0612. The predicted molar refractivity (Wildman–Crippen MR) is 150 cm³/mol. The van der Waals surface area contributed by atoms with Gasteiger partial charge in [-0.2, -0.15) is 5.10 Å². The minimum Gasteiger partial charge on any atom is -0.372 e. The maximum atomic E-state index is 14.9. The largest absolute Gasteiger partial charge is 0.372 e. The van der Waals surface area contributed by atoms with Crippen LogP contribution in [0.4, 0.5) is 13.6 Å². The van der Waals surface area contributed by atoms with Gasteiger partial charge in [0.2, 0.25) is 0 Å². The van der Waals surface area contributed by atoms with Gasteiger partial charge in [-0.25, -0.2) is 23.2 Å². The van der Waals surface area contributed by atoms with Gasteiger partial charge in [0.05, 0.1) is 30.4 Å². The van der Waals surface area contributed by atoms with Gasteiger partial charge in [0.15, 0.2) is 11.6 Å². The fourth-order valence-corrected chi connectivity index (χ4v) is 5.32. The molecule has 10 heteroatoms. The van der Waals surface area contributed by atoms with E-state index in [-0.39, 0.29) is 29.6 Å². The third kappa shape index (κ3) is 6.85. The van der Waals surface area contributed by atoms with Gasteiger partial charge in [-0.05, 0) is 56.0 Å². The summed E-state index contributed by atoms with van der Waals surface area (Å²) in [5.41, 5.74) is 6.35. The lowest BCUT2D eigenvalue weighted by Crippen LogP contribution is -2.55. The zero-order valence-electron chi connectivity index (χ0n) is 24.0. The molecule has 4 rings (SSSR count). The van der Waals surface area contributed by atoms with Crippen molar-refractivity contribution < 1.29 is 18.3 Å². The van der Waals surface area contributed by atoms with Crippen LogP contribution in [-0.2, 0) is 11.3 Å². The highest BCUT2D eigenvalue weighted by Gasteiger charge is 2.41. The zero-order chi connectivity index (χ0) is 29.0. The molecule has 216 valence electrons. The molecule has 0 bridgehead atoms. The second-order valence-corrected chi connectivity index (χ2v) is 11.6. The van der Waals surface area contributed by atoms with Crippen LogP contribution in [0.25, 0.3) is 11.4 Å². The van der Waals surface area contributed by atoms with E-state index in [1.807, 2.05) is 74.8 Å². The first-order chi connectivity index (χ1) is 19.0. The molecule has 0 saturated carbocycles. The average molecular weight is 555 g/mol. The molecule has 2 amide bonds.